The second-order valence-electron chi connectivity index (χ2n) is 3.52. The van der Waals surface area contributed by atoms with E-state index in [9.17, 15) is 14.6 Å². The van der Waals surface area contributed by atoms with E-state index in [-0.39, 0.29) is 28.6 Å². The lowest BCUT2D eigenvalue weighted by Gasteiger charge is -2.01. The van der Waals surface area contributed by atoms with Gasteiger partial charge in [0.15, 0.2) is 17.3 Å². The Morgan fingerprint density at radius 2 is 1.72 bits per heavy atom. The van der Waals surface area contributed by atoms with Crippen molar-refractivity contribution in [3.63, 3.8) is 0 Å². The van der Waals surface area contributed by atoms with Crippen molar-refractivity contribution in [2.75, 3.05) is 5.73 Å². The fourth-order valence-electron chi connectivity index (χ4n) is 1.34. The molecule has 2 rings (SSSR count). The summed E-state index contributed by atoms with van der Waals surface area (Å²) in [5, 5.41) is 26.2. The molecule has 0 saturated heterocycles. The molecule has 0 unspecified atom stereocenters. The van der Waals surface area contributed by atoms with Crippen LogP contribution in [0.15, 0.2) is 46.6 Å². The van der Waals surface area contributed by atoms with Gasteiger partial charge < -0.3 is 15.9 Å². The van der Waals surface area contributed by atoms with Crippen LogP contribution in [0.25, 0.3) is 0 Å². The molecule has 92 valence electrons. The number of nitrogen functional groups attached to an aromatic ring is 1. The average molecular weight is 247 g/mol. The zero-order valence-electron chi connectivity index (χ0n) is 9.21. The molecule has 2 aromatic carbocycles. The summed E-state index contributed by atoms with van der Waals surface area (Å²) in [5.74, 6) is -1.28. The lowest BCUT2D eigenvalue weighted by Crippen LogP contribution is -1.84. The number of nitrogens with two attached hydrogens (primary N) is 1. The van der Waals surface area contributed by atoms with Gasteiger partial charge in [0.2, 0.25) is 0 Å². The highest BCUT2D eigenvalue weighted by molar-refractivity contribution is 5.65. The minimum Gasteiger partial charge on any atom is -0.506 e. The van der Waals surface area contributed by atoms with Crippen molar-refractivity contribution in [1.29, 1.82) is 0 Å². The number of phenolic OH excluding ortho intramolecular Hbond substituents is 2. The summed E-state index contributed by atoms with van der Waals surface area (Å²) >= 11 is 0. The number of aromatic hydroxyl groups is 2. The third-order valence-electron chi connectivity index (χ3n) is 2.27. The lowest BCUT2D eigenvalue weighted by atomic mass is 10.2. The van der Waals surface area contributed by atoms with Gasteiger partial charge in [-0.25, -0.2) is 4.39 Å². The molecule has 0 aliphatic heterocycles. The Morgan fingerprint density at radius 3 is 2.44 bits per heavy atom. The molecule has 0 spiro atoms. The van der Waals surface area contributed by atoms with Crippen LogP contribution in [-0.2, 0) is 0 Å². The number of anilines is 1. The number of nitrogens with zero attached hydrogens (tertiary/aromatic N) is 2. The van der Waals surface area contributed by atoms with Crippen LogP contribution >= 0.6 is 0 Å². The number of phenols is 2. The SMILES string of the molecule is Nc1cccc(N=Nc2c(O)cccc2F)c1O. The summed E-state index contributed by atoms with van der Waals surface area (Å²) in [7, 11) is 0. The number of halogens is 1. The van der Waals surface area contributed by atoms with E-state index in [1.54, 1.807) is 6.07 Å². The molecule has 0 fully saturated rings. The van der Waals surface area contributed by atoms with Gasteiger partial charge in [-0.1, -0.05) is 12.1 Å². The highest BCUT2D eigenvalue weighted by Gasteiger charge is 2.07. The van der Waals surface area contributed by atoms with Crippen LogP contribution in [0.5, 0.6) is 11.5 Å². The Labute approximate surface area is 102 Å². The molecule has 0 atom stereocenters. The summed E-state index contributed by atoms with van der Waals surface area (Å²) in [4.78, 5) is 0. The Bertz CT molecular complexity index is 594. The summed E-state index contributed by atoms with van der Waals surface area (Å²) in [6, 6.07) is 8.32. The topological polar surface area (TPSA) is 91.2 Å². The molecule has 4 N–H and O–H groups in total. The molecule has 0 bridgehead atoms. The molecule has 0 heterocycles. The van der Waals surface area contributed by atoms with Gasteiger partial charge in [0, 0.05) is 0 Å². The monoisotopic (exact) mass is 247 g/mol. The lowest BCUT2D eigenvalue weighted by molar-refractivity contribution is 0.470. The molecule has 0 amide bonds. The maximum atomic E-state index is 13.3. The van der Waals surface area contributed by atoms with Crippen LogP contribution in [0.3, 0.4) is 0 Å². The molecular formula is C12H10FN3O2. The van der Waals surface area contributed by atoms with E-state index in [4.69, 9.17) is 5.73 Å². The summed E-state index contributed by atoms with van der Waals surface area (Å²) < 4.78 is 13.3. The fourth-order valence-corrected chi connectivity index (χ4v) is 1.34. The van der Waals surface area contributed by atoms with Crippen molar-refractivity contribution in [3.05, 3.63) is 42.2 Å². The van der Waals surface area contributed by atoms with Crippen molar-refractivity contribution in [2.45, 2.75) is 0 Å². The van der Waals surface area contributed by atoms with E-state index >= 15 is 0 Å². The number of hydrogen-bond donors (Lipinski definition) is 3. The van der Waals surface area contributed by atoms with E-state index in [1.807, 2.05) is 0 Å². The number of rotatable bonds is 2. The summed E-state index contributed by atoms with van der Waals surface area (Å²) in [5.41, 5.74) is 5.42. The molecular weight excluding hydrogens is 237 g/mol. The van der Waals surface area contributed by atoms with Gasteiger partial charge in [-0.2, -0.15) is 0 Å². The molecule has 18 heavy (non-hydrogen) atoms. The number of hydrogen-bond acceptors (Lipinski definition) is 5. The highest BCUT2D eigenvalue weighted by Crippen LogP contribution is 2.35. The standard InChI is InChI=1S/C12H10FN3O2/c13-7-3-1-6-10(17)11(7)16-15-9-5-2-4-8(14)12(9)18/h1-6,17-18H,14H2. The molecule has 6 heteroatoms. The fraction of sp³-hybridized carbons (Fsp3) is 0. The third-order valence-corrected chi connectivity index (χ3v) is 2.27. The van der Waals surface area contributed by atoms with Gasteiger partial charge in [0.05, 0.1) is 5.69 Å². The molecule has 5 nitrogen and oxygen atoms in total. The minimum atomic E-state index is -0.706. The van der Waals surface area contributed by atoms with Crippen LogP contribution in [0.4, 0.5) is 21.5 Å². The summed E-state index contributed by atoms with van der Waals surface area (Å²) in [6.45, 7) is 0. The zero-order valence-corrected chi connectivity index (χ0v) is 9.21. The number of para-hydroxylation sites is 1. The molecule has 0 aliphatic carbocycles. The second-order valence-corrected chi connectivity index (χ2v) is 3.52. The van der Waals surface area contributed by atoms with Gasteiger partial charge >= 0.3 is 0 Å². The van der Waals surface area contributed by atoms with Gasteiger partial charge in [0.25, 0.3) is 0 Å². The van der Waals surface area contributed by atoms with Crippen molar-refractivity contribution >= 4 is 17.1 Å². The largest absolute Gasteiger partial charge is 0.506 e. The average Bonchev–Trinajstić information content (AvgIpc) is 2.33. The van der Waals surface area contributed by atoms with Gasteiger partial charge in [-0.3, -0.25) is 0 Å². The molecule has 0 aromatic heterocycles. The van der Waals surface area contributed by atoms with Crippen LogP contribution in [0, 0.1) is 5.82 Å². The van der Waals surface area contributed by atoms with Crippen molar-refractivity contribution in [1.82, 2.24) is 0 Å². The first-order chi connectivity index (χ1) is 8.59. The van der Waals surface area contributed by atoms with Gasteiger partial charge in [-0.05, 0) is 24.3 Å². The molecule has 0 radical (unpaired) electrons. The third kappa shape index (κ3) is 2.22. The van der Waals surface area contributed by atoms with Crippen molar-refractivity contribution in [2.24, 2.45) is 10.2 Å². The molecule has 2 aromatic rings. The zero-order chi connectivity index (χ0) is 13.1. The first-order valence-electron chi connectivity index (χ1n) is 5.06. The predicted molar refractivity (Wildman–Crippen MR) is 64.8 cm³/mol. The quantitative estimate of drug-likeness (QED) is 0.432. The predicted octanol–water partition coefficient (Wildman–Crippen LogP) is 3.23. The maximum absolute atomic E-state index is 13.3. The van der Waals surface area contributed by atoms with Gasteiger partial charge in [-0.15, -0.1) is 10.2 Å². The first-order valence-corrected chi connectivity index (χ1v) is 5.06. The normalized spacial score (nSPS) is 10.9. The summed E-state index contributed by atoms with van der Waals surface area (Å²) in [6.07, 6.45) is 0. The number of benzene rings is 2. The maximum Gasteiger partial charge on any atom is 0.166 e. The Kier molecular flexibility index (Phi) is 3.09. The van der Waals surface area contributed by atoms with Crippen LogP contribution < -0.4 is 5.73 Å². The van der Waals surface area contributed by atoms with E-state index in [1.165, 1.54) is 24.3 Å². The smallest absolute Gasteiger partial charge is 0.166 e. The van der Waals surface area contributed by atoms with Crippen LogP contribution in [-0.4, -0.2) is 10.2 Å². The minimum absolute atomic E-state index is 0.0950. The van der Waals surface area contributed by atoms with E-state index in [0.717, 1.165) is 6.07 Å². The molecule has 0 saturated carbocycles. The van der Waals surface area contributed by atoms with E-state index in [2.05, 4.69) is 10.2 Å². The van der Waals surface area contributed by atoms with E-state index < -0.39 is 5.82 Å². The van der Waals surface area contributed by atoms with Crippen LogP contribution in [0.1, 0.15) is 0 Å². The van der Waals surface area contributed by atoms with Gasteiger partial charge in [0.1, 0.15) is 11.4 Å². The van der Waals surface area contributed by atoms with Crippen molar-refractivity contribution in [3.8, 4) is 11.5 Å². The first kappa shape index (κ1) is 11.8. The van der Waals surface area contributed by atoms with Crippen molar-refractivity contribution < 1.29 is 14.6 Å². The van der Waals surface area contributed by atoms with Crippen LogP contribution in [0.2, 0.25) is 0 Å². The Hall–Kier alpha value is -2.63. The Balaban J connectivity index is 2.39. The molecule has 0 aliphatic rings. The second kappa shape index (κ2) is 4.70. The van der Waals surface area contributed by atoms with E-state index in [0.29, 0.717) is 0 Å². The number of azo groups is 1. The highest BCUT2D eigenvalue weighted by atomic mass is 19.1. The Morgan fingerprint density at radius 1 is 1.00 bits per heavy atom.